The average Bonchev–Trinajstić information content (AvgIpc) is 2.83. The number of nitrogens with zero attached hydrogens (tertiary/aromatic N) is 2. The van der Waals surface area contributed by atoms with Crippen molar-refractivity contribution in [2.24, 2.45) is 0 Å². The molecule has 4 nitrogen and oxygen atoms in total. The topological polar surface area (TPSA) is 41.3 Å². The molecule has 2 heterocycles. The second-order valence-corrected chi connectivity index (χ2v) is 3.95. The molecule has 92 valence electrons. The van der Waals surface area contributed by atoms with Crippen molar-refractivity contribution in [2.45, 2.75) is 13.8 Å². The van der Waals surface area contributed by atoms with Gasteiger partial charge < -0.3 is 14.6 Å². The molecule has 0 bridgehead atoms. The van der Waals surface area contributed by atoms with Crippen LogP contribution in [0.1, 0.15) is 13.8 Å². The minimum atomic E-state index is 0.880. The van der Waals surface area contributed by atoms with Crippen LogP contribution in [0.5, 0.6) is 0 Å². The van der Waals surface area contributed by atoms with E-state index in [1.54, 1.807) is 12.5 Å². The summed E-state index contributed by atoms with van der Waals surface area (Å²) >= 11 is 0. The molecule has 0 saturated carbocycles. The van der Waals surface area contributed by atoms with E-state index in [1.165, 1.54) is 0 Å². The summed E-state index contributed by atoms with van der Waals surface area (Å²) in [5, 5.41) is 4.41. The molecule has 0 fully saturated rings. The van der Waals surface area contributed by atoms with Crippen molar-refractivity contribution in [2.75, 3.05) is 31.5 Å². The molecule has 0 aliphatic rings. The molecule has 17 heavy (non-hydrogen) atoms. The minimum Gasteiger partial charge on any atom is -0.464 e. The Morgan fingerprint density at radius 2 is 2.12 bits per heavy atom. The number of fused-ring (bicyclic) bond motifs is 1. The molecule has 2 aromatic heterocycles. The van der Waals surface area contributed by atoms with Gasteiger partial charge in [-0.1, -0.05) is 13.8 Å². The van der Waals surface area contributed by atoms with E-state index in [0.717, 1.165) is 43.0 Å². The maximum atomic E-state index is 5.34. The van der Waals surface area contributed by atoms with Gasteiger partial charge >= 0.3 is 0 Å². The second-order valence-electron chi connectivity index (χ2n) is 3.95. The van der Waals surface area contributed by atoms with Crippen LogP contribution in [0.15, 0.2) is 29.0 Å². The van der Waals surface area contributed by atoms with Crippen molar-refractivity contribution in [1.82, 2.24) is 9.88 Å². The summed E-state index contributed by atoms with van der Waals surface area (Å²) in [4.78, 5) is 6.72. The summed E-state index contributed by atoms with van der Waals surface area (Å²) in [6.45, 7) is 8.46. The van der Waals surface area contributed by atoms with Gasteiger partial charge in [0, 0.05) is 19.3 Å². The zero-order valence-corrected chi connectivity index (χ0v) is 10.4. The number of hydrogen-bond donors (Lipinski definition) is 1. The highest BCUT2D eigenvalue weighted by Gasteiger charge is 2.04. The molecule has 0 aliphatic carbocycles. The van der Waals surface area contributed by atoms with Crippen molar-refractivity contribution >= 4 is 16.8 Å². The number of pyridine rings is 1. The molecular weight excluding hydrogens is 214 g/mol. The largest absolute Gasteiger partial charge is 0.464 e. The number of rotatable bonds is 6. The first kappa shape index (κ1) is 11.9. The summed E-state index contributed by atoms with van der Waals surface area (Å²) in [6, 6.07) is 3.83. The number of hydrogen-bond acceptors (Lipinski definition) is 4. The van der Waals surface area contributed by atoms with Crippen LogP contribution in [0.25, 0.3) is 11.0 Å². The zero-order valence-electron chi connectivity index (χ0n) is 10.4. The number of likely N-dealkylation sites (N-methyl/N-ethyl adjacent to an activating group) is 1. The summed E-state index contributed by atoms with van der Waals surface area (Å²) in [6.07, 6.45) is 3.47. The molecule has 0 aliphatic heterocycles. The molecule has 1 N–H and O–H groups in total. The highest BCUT2D eigenvalue weighted by Crippen LogP contribution is 2.21. The first-order valence-electron chi connectivity index (χ1n) is 6.13. The summed E-state index contributed by atoms with van der Waals surface area (Å²) in [7, 11) is 0. The van der Waals surface area contributed by atoms with Gasteiger partial charge in [0.15, 0.2) is 0 Å². The lowest BCUT2D eigenvalue weighted by molar-refractivity contribution is 0.316. The molecule has 2 aromatic rings. The van der Waals surface area contributed by atoms with E-state index in [-0.39, 0.29) is 0 Å². The van der Waals surface area contributed by atoms with Gasteiger partial charge in [-0.15, -0.1) is 0 Å². The van der Waals surface area contributed by atoms with Crippen molar-refractivity contribution in [3.05, 3.63) is 24.6 Å². The second kappa shape index (κ2) is 5.68. The van der Waals surface area contributed by atoms with Crippen LogP contribution in [0, 0.1) is 0 Å². The molecule has 0 unspecified atom stereocenters. The predicted molar refractivity (Wildman–Crippen MR) is 70.3 cm³/mol. The SMILES string of the molecule is CCN(CC)CCNc1nccc2occc12. The third-order valence-electron chi connectivity index (χ3n) is 2.99. The van der Waals surface area contributed by atoms with E-state index in [1.807, 2.05) is 12.1 Å². The van der Waals surface area contributed by atoms with E-state index in [9.17, 15) is 0 Å². The van der Waals surface area contributed by atoms with Gasteiger partial charge in [0.25, 0.3) is 0 Å². The number of furan rings is 1. The number of nitrogens with one attached hydrogen (secondary N) is 1. The van der Waals surface area contributed by atoms with Crippen LogP contribution >= 0.6 is 0 Å². The van der Waals surface area contributed by atoms with Gasteiger partial charge in [0.05, 0.1) is 11.6 Å². The Labute approximate surface area is 102 Å². The Kier molecular flexibility index (Phi) is 3.98. The maximum absolute atomic E-state index is 5.34. The Hall–Kier alpha value is -1.55. The molecule has 0 saturated heterocycles. The van der Waals surface area contributed by atoms with Crippen LogP contribution < -0.4 is 5.32 Å². The monoisotopic (exact) mass is 233 g/mol. The lowest BCUT2D eigenvalue weighted by atomic mass is 10.3. The highest BCUT2D eigenvalue weighted by molar-refractivity contribution is 5.87. The minimum absolute atomic E-state index is 0.880. The van der Waals surface area contributed by atoms with Crippen LogP contribution in [-0.4, -0.2) is 36.1 Å². The third-order valence-corrected chi connectivity index (χ3v) is 2.99. The Morgan fingerprint density at radius 3 is 2.88 bits per heavy atom. The lowest BCUT2D eigenvalue weighted by Gasteiger charge is -2.18. The van der Waals surface area contributed by atoms with E-state index in [2.05, 4.69) is 29.0 Å². The standard InChI is InChI=1S/C13H19N3O/c1-3-16(4-2)9-8-15-13-11-6-10-17-12(11)5-7-14-13/h5-7,10H,3-4,8-9H2,1-2H3,(H,14,15). The average molecular weight is 233 g/mol. The number of anilines is 1. The van der Waals surface area contributed by atoms with Crippen LogP contribution in [0.4, 0.5) is 5.82 Å². The van der Waals surface area contributed by atoms with E-state index in [4.69, 9.17) is 4.42 Å². The zero-order chi connectivity index (χ0) is 12.1. The predicted octanol–water partition coefficient (Wildman–Crippen LogP) is 2.58. The van der Waals surface area contributed by atoms with Gasteiger partial charge in [0.1, 0.15) is 11.4 Å². The van der Waals surface area contributed by atoms with Crippen molar-refractivity contribution in [3.8, 4) is 0 Å². The maximum Gasteiger partial charge on any atom is 0.139 e. The Balaban J connectivity index is 1.97. The first-order chi connectivity index (χ1) is 8.35. The number of aromatic nitrogens is 1. The molecule has 4 heteroatoms. The van der Waals surface area contributed by atoms with Gasteiger partial charge in [-0.2, -0.15) is 0 Å². The Morgan fingerprint density at radius 1 is 1.29 bits per heavy atom. The Bertz CT molecular complexity index is 462. The van der Waals surface area contributed by atoms with Crippen molar-refractivity contribution in [3.63, 3.8) is 0 Å². The van der Waals surface area contributed by atoms with Crippen molar-refractivity contribution < 1.29 is 4.42 Å². The summed E-state index contributed by atoms with van der Waals surface area (Å²) < 4.78 is 5.34. The van der Waals surface area contributed by atoms with E-state index in [0.29, 0.717) is 0 Å². The molecule has 0 radical (unpaired) electrons. The normalized spacial score (nSPS) is 11.2. The fourth-order valence-electron chi connectivity index (χ4n) is 1.91. The van der Waals surface area contributed by atoms with Crippen molar-refractivity contribution in [1.29, 1.82) is 0 Å². The summed E-state index contributed by atoms with van der Waals surface area (Å²) in [5.74, 6) is 0.906. The van der Waals surface area contributed by atoms with Crippen LogP contribution in [0.3, 0.4) is 0 Å². The fraction of sp³-hybridized carbons (Fsp3) is 0.462. The smallest absolute Gasteiger partial charge is 0.139 e. The third kappa shape index (κ3) is 2.77. The highest BCUT2D eigenvalue weighted by atomic mass is 16.3. The lowest BCUT2D eigenvalue weighted by Crippen LogP contribution is -2.28. The summed E-state index contributed by atoms with van der Waals surface area (Å²) in [5.41, 5.74) is 0.880. The van der Waals surface area contributed by atoms with E-state index >= 15 is 0 Å². The first-order valence-corrected chi connectivity index (χ1v) is 6.13. The quantitative estimate of drug-likeness (QED) is 0.832. The van der Waals surface area contributed by atoms with Crippen LogP contribution in [0.2, 0.25) is 0 Å². The van der Waals surface area contributed by atoms with Gasteiger partial charge in [-0.25, -0.2) is 4.98 Å². The molecule has 0 aromatic carbocycles. The van der Waals surface area contributed by atoms with Gasteiger partial charge in [-0.05, 0) is 25.2 Å². The molecular formula is C13H19N3O. The van der Waals surface area contributed by atoms with E-state index < -0.39 is 0 Å². The molecule has 0 amide bonds. The van der Waals surface area contributed by atoms with Gasteiger partial charge in [0.2, 0.25) is 0 Å². The molecule has 0 atom stereocenters. The van der Waals surface area contributed by atoms with Gasteiger partial charge in [-0.3, -0.25) is 0 Å². The molecule has 0 spiro atoms. The molecule has 2 rings (SSSR count). The fourth-order valence-corrected chi connectivity index (χ4v) is 1.91. The van der Waals surface area contributed by atoms with Crippen LogP contribution in [-0.2, 0) is 0 Å².